The van der Waals surface area contributed by atoms with Crippen molar-refractivity contribution in [2.24, 2.45) is 0 Å². The van der Waals surface area contributed by atoms with Gasteiger partial charge in [-0.3, -0.25) is 4.90 Å². The average molecular weight is 430 g/mol. The van der Waals surface area contributed by atoms with Crippen molar-refractivity contribution in [3.05, 3.63) is 47.0 Å². The van der Waals surface area contributed by atoms with E-state index in [1.54, 1.807) is 6.07 Å². The molecule has 1 fully saturated rings. The molecule has 3 rings (SSSR count). The molecule has 0 aliphatic carbocycles. The minimum absolute atomic E-state index is 0.0141. The van der Waals surface area contributed by atoms with Gasteiger partial charge in [0, 0.05) is 25.2 Å². The lowest BCUT2D eigenvalue weighted by Crippen LogP contribution is -2.35. The van der Waals surface area contributed by atoms with E-state index in [1.807, 2.05) is 12.1 Å². The van der Waals surface area contributed by atoms with Crippen molar-refractivity contribution in [1.29, 1.82) is 0 Å². The largest absolute Gasteiger partial charge is 0.507 e. The van der Waals surface area contributed by atoms with Gasteiger partial charge in [0.2, 0.25) is 0 Å². The van der Waals surface area contributed by atoms with Gasteiger partial charge < -0.3 is 14.9 Å². The number of hydrogen-bond acceptors (Lipinski definition) is 5. The van der Waals surface area contributed by atoms with Crippen LogP contribution in [0, 0.1) is 0 Å². The summed E-state index contributed by atoms with van der Waals surface area (Å²) in [5, 5.41) is 21.6. The Balaban J connectivity index is 2.00. The standard InChI is InChI=1S/C25H35NO3S/c1-24(2,3)18-7-8-20(27)21(14-18)30-22-15-19(25(4,5)6)13-17(23(22)28)16-26-9-11-29-12-10-26/h7-8,13-15,27-28H,9-12,16H2,1-6H3. The van der Waals surface area contributed by atoms with Gasteiger partial charge in [-0.1, -0.05) is 65.4 Å². The Kier molecular flexibility index (Phi) is 6.75. The Morgan fingerprint density at radius 2 is 1.47 bits per heavy atom. The number of phenolic OH excluding ortho intramolecular Hbond substituents is 2. The van der Waals surface area contributed by atoms with Crippen LogP contribution in [0.4, 0.5) is 0 Å². The van der Waals surface area contributed by atoms with E-state index in [1.165, 1.54) is 17.3 Å². The molecule has 0 spiro atoms. The Hall–Kier alpha value is -1.69. The number of ether oxygens (including phenoxy) is 1. The summed E-state index contributed by atoms with van der Waals surface area (Å²) in [4.78, 5) is 3.87. The number of phenols is 2. The second-order valence-electron chi connectivity index (χ2n) is 10.2. The van der Waals surface area contributed by atoms with E-state index < -0.39 is 0 Å². The smallest absolute Gasteiger partial charge is 0.134 e. The van der Waals surface area contributed by atoms with E-state index in [0.717, 1.165) is 47.2 Å². The van der Waals surface area contributed by atoms with E-state index >= 15 is 0 Å². The molecular weight excluding hydrogens is 394 g/mol. The first kappa shape index (κ1) is 23.0. The minimum atomic E-state index is -0.0436. The van der Waals surface area contributed by atoms with Crippen LogP contribution in [-0.4, -0.2) is 41.4 Å². The number of nitrogens with zero attached hydrogens (tertiary/aromatic N) is 1. The van der Waals surface area contributed by atoms with Gasteiger partial charge in [0.1, 0.15) is 11.5 Å². The first-order valence-corrected chi connectivity index (χ1v) is 11.4. The molecule has 2 aromatic carbocycles. The maximum absolute atomic E-state index is 11.1. The summed E-state index contributed by atoms with van der Waals surface area (Å²) in [5.74, 6) is 0.545. The number of benzene rings is 2. The first-order valence-electron chi connectivity index (χ1n) is 10.6. The Morgan fingerprint density at radius 1 is 0.867 bits per heavy atom. The van der Waals surface area contributed by atoms with Crippen LogP contribution in [0.5, 0.6) is 11.5 Å². The SMILES string of the molecule is CC(C)(C)c1ccc(O)c(Sc2cc(C(C)(C)C)cc(CN3CCOCC3)c2O)c1. The Bertz CT molecular complexity index is 890. The lowest BCUT2D eigenvalue weighted by atomic mass is 9.86. The molecular formula is C25H35NO3S. The zero-order valence-corrected chi connectivity index (χ0v) is 19.9. The van der Waals surface area contributed by atoms with Crippen LogP contribution in [0.25, 0.3) is 0 Å². The Labute approximate surface area is 185 Å². The topological polar surface area (TPSA) is 52.9 Å². The van der Waals surface area contributed by atoms with Gasteiger partial charge in [0.25, 0.3) is 0 Å². The lowest BCUT2D eigenvalue weighted by molar-refractivity contribution is 0.0338. The number of aromatic hydroxyl groups is 2. The minimum Gasteiger partial charge on any atom is -0.507 e. The monoisotopic (exact) mass is 429 g/mol. The molecule has 1 heterocycles. The molecule has 0 atom stereocenters. The fraction of sp³-hybridized carbons (Fsp3) is 0.520. The highest BCUT2D eigenvalue weighted by atomic mass is 32.2. The van der Waals surface area contributed by atoms with Crippen LogP contribution in [0.2, 0.25) is 0 Å². The fourth-order valence-electron chi connectivity index (χ4n) is 3.48. The predicted octanol–water partition coefficient (Wildman–Crippen LogP) is 5.68. The van der Waals surface area contributed by atoms with Crippen molar-refractivity contribution >= 4 is 11.8 Å². The van der Waals surface area contributed by atoms with Crippen LogP contribution in [-0.2, 0) is 22.1 Å². The quantitative estimate of drug-likeness (QED) is 0.655. The molecule has 0 bridgehead atoms. The molecule has 164 valence electrons. The normalized spacial score (nSPS) is 16.1. The van der Waals surface area contributed by atoms with Gasteiger partial charge in [-0.15, -0.1) is 0 Å². The summed E-state index contributed by atoms with van der Waals surface area (Å²) < 4.78 is 5.46. The van der Waals surface area contributed by atoms with Crippen molar-refractivity contribution in [2.45, 2.75) is 68.7 Å². The van der Waals surface area contributed by atoms with Gasteiger partial charge >= 0.3 is 0 Å². The molecule has 1 saturated heterocycles. The van der Waals surface area contributed by atoms with E-state index in [9.17, 15) is 10.2 Å². The molecule has 1 aliphatic rings. The predicted molar refractivity (Wildman–Crippen MR) is 124 cm³/mol. The highest BCUT2D eigenvalue weighted by molar-refractivity contribution is 7.99. The highest BCUT2D eigenvalue weighted by Gasteiger charge is 2.23. The van der Waals surface area contributed by atoms with Crippen molar-refractivity contribution in [1.82, 2.24) is 4.90 Å². The fourth-order valence-corrected chi connectivity index (χ4v) is 4.49. The molecule has 1 aliphatic heterocycles. The summed E-state index contributed by atoms with van der Waals surface area (Å²) in [7, 11) is 0. The highest BCUT2D eigenvalue weighted by Crippen LogP contribution is 2.44. The molecule has 0 amide bonds. The van der Waals surface area contributed by atoms with E-state index in [-0.39, 0.29) is 16.6 Å². The van der Waals surface area contributed by atoms with E-state index in [0.29, 0.717) is 12.3 Å². The van der Waals surface area contributed by atoms with Crippen LogP contribution in [0.1, 0.15) is 58.2 Å². The molecule has 4 nitrogen and oxygen atoms in total. The molecule has 5 heteroatoms. The van der Waals surface area contributed by atoms with Gasteiger partial charge in [0.05, 0.1) is 23.0 Å². The van der Waals surface area contributed by atoms with Crippen molar-refractivity contribution in [3.8, 4) is 11.5 Å². The van der Waals surface area contributed by atoms with Crippen LogP contribution in [0.3, 0.4) is 0 Å². The van der Waals surface area contributed by atoms with Crippen LogP contribution < -0.4 is 0 Å². The third-order valence-corrected chi connectivity index (χ3v) is 6.64. The van der Waals surface area contributed by atoms with Gasteiger partial charge in [-0.2, -0.15) is 0 Å². The molecule has 0 saturated carbocycles. The van der Waals surface area contributed by atoms with Gasteiger partial charge in [0.15, 0.2) is 0 Å². The zero-order chi connectivity index (χ0) is 22.1. The summed E-state index contributed by atoms with van der Waals surface area (Å²) in [6.07, 6.45) is 0. The number of hydrogen-bond donors (Lipinski definition) is 2. The summed E-state index contributed by atoms with van der Waals surface area (Å²) >= 11 is 1.43. The van der Waals surface area contributed by atoms with Crippen molar-refractivity contribution in [3.63, 3.8) is 0 Å². The second-order valence-corrected chi connectivity index (χ2v) is 11.2. The molecule has 2 N–H and O–H groups in total. The number of rotatable bonds is 4. The first-order chi connectivity index (χ1) is 13.9. The molecule has 0 radical (unpaired) electrons. The molecule has 0 aromatic heterocycles. The molecule has 0 unspecified atom stereocenters. The van der Waals surface area contributed by atoms with Crippen molar-refractivity contribution < 1.29 is 14.9 Å². The molecule has 30 heavy (non-hydrogen) atoms. The maximum Gasteiger partial charge on any atom is 0.134 e. The molecule has 2 aromatic rings. The van der Waals surface area contributed by atoms with Crippen LogP contribution >= 0.6 is 11.8 Å². The third-order valence-electron chi connectivity index (χ3n) is 5.56. The van der Waals surface area contributed by atoms with Crippen molar-refractivity contribution in [2.75, 3.05) is 26.3 Å². The average Bonchev–Trinajstić information content (AvgIpc) is 2.65. The zero-order valence-electron chi connectivity index (χ0n) is 19.1. The van der Waals surface area contributed by atoms with Gasteiger partial charge in [-0.25, -0.2) is 0 Å². The second kappa shape index (κ2) is 8.81. The lowest BCUT2D eigenvalue weighted by Gasteiger charge is -2.28. The van der Waals surface area contributed by atoms with Gasteiger partial charge in [-0.05, 0) is 40.2 Å². The summed E-state index contributed by atoms with van der Waals surface area (Å²) in [5.41, 5.74) is 3.20. The maximum atomic E-state index is 11.1. The third kappa shape index (κ3) is 5.51. The van der Waals surface area contributed by atoms with Crippen LogP contribution in [0.15, 0.2) is 40.1 Å². The Morgan fingerprint density at radius 3 is 2.07 bits per heavy atom. The number of morpholine rings is 1. The van der Waals surface area contributed by atoms with E-state index in [4.69, 9.17) is 4.74 Å². The summed E-state index contributed by atoms with van der Waals surface area (Å²) in [6.45, 7) is 16.9. The van der Waals surface area contributed by atoms with E-state index in [2.05, 4.69) is 58.6 Å². The summed E-state index contributed by atoms with van der Waals surface area (Å²) in [6, 6.07) is 9.94.